The van der Waals surface area contributed by atoms with Crippen LogP contribution in [-0.2, 0) is 6.42 Å². The number of nitrogens with two attached hydrogens (primary N) is 1. The van der Waals surface area contributed by atoms with E-state index >= 15 is 0 Å². The van der Waals surface area contributed by atoms with Gasteiger partial charge in [0.2, 0.25) is 11.8 Å². The second-order valence-corrected chi connectivity index (χ2v) is 5.54. The van der Waals surface area contributed by atoms with E-state index in [1.165, 1.54) is 0 Å². The lowest BCUT2D eigenvalue weighted by molar-refractivity contribution is 0.0994. The first-order valence-electron chi connectivity index (χ1n) is 7.75. The van der Waals surface area contributed by atoms with Crippen molar-refractivity contribution < 1.29 is 9.53 Å². The van der Waals surface area contributed by atoms with Gasteiger partial charge in [-0.25, -0.2) is 9.97 Å². The van der Waals surface area contributed by atoms with E-state index in [1.54, 1.807) is 6.20 Å². The summed E-state index contributed by atoms with van der Waals surface area (Å²) in [4.78, 5) is 28.9. The summed E-state index contributed by atoms with van der Waals surface area (Å²) in [6, 6.07) is 5.74. The smallest absolute Gasteiger partial charge is 0.247 e. The number of fused-ring (bicyclic) bond motifs is 2. The Morgan fingerprint density at radius 3 is 2.92 bits per heavy atom. The number of rotatable bonds is 3. The summed E-state index contributed by atoms with van der Waals surface area (Å²) in [5.41, 5.74) is 9.98. The minimum absolute atomic E-state index is 0.101. The van der Waals surface area contributed by atoms with Gasteiger partial charge in [0.15, 0.2) is 16.9 Å². The Kier molecular flexibility index (Phi) is 3.34. The Hall–Kier alpha value is -3.09. The monoisotopic (exact) mass is 321 g/mol. The van der Waals surface area contributed by atoms with Crippen molar-refractivity contribution in [3.8, 4) is 17.1 Å². The second-order valence-electron chi connectivity index (χ2n) is 5.54. The molecule has 0 amide bonds. The first kappa shape index (κ1) is 14.5. The van der Waals surface area contributed by atoms with Crippen LogP contribution in [0, 0.1) is 0 Å². The molecule has 3 aromatic rings. The Labute approximate surface area is 137 Å². The summed E-state index contributed by atoms with van der Waals surface area (Å²) < 4.78 is 5.50. The van der Waals surface area contributed by atoms with Crippen molar-refractivity contribution in [3.63, 3.8) is 0 Å². The molecule has 2 aromatic heterocycles. The molecular formula is C17H15N5O2. The number of carbonyl (C=O) groups is 1. The number of anilines is 1. The number of hydrogen-bond donors (Lipinski definition) is 1. The molecule has 1 aromatic carbocycles. The van der Waals surface area contributed by atoms with Crippen LogP contribution in [0.4, 0.5) is 5.95 Å². The molecule has 0 fully saturated rings. The van der Waals surface area contributed by atoms with E-state index in [0.717, 1.165) is 23.1 Å². The molecule has 1 aliphatic carbocycles. The molecule has 0 spiro atoms. The molecule has 0 saturated heterocycles. The third-order valence-corrected chi connectivity index (χ3v) is 4.00. The fourth-order valence-corrected chi connectivity index (χ4v) is 2.89. The molecule has 0 bridgehead atoms. The lowest BCUT2D eigenvalue weighted by Crippen LogP contribution is -2.04. The van der Waals surface area contributed by atoms with E-state index in [9.17, 15) is 4.79 Å². The average Bonchev–Trinajstić information content (AvgIpc) is 2.95. The van der Waals surface area contributed by atoms with Gasteiger partial charge in [-0.05, 0) is 25.0 Å². The van der Waals surface area contributed by atoms with Crippen molar-refractivity contribution in [2.75, 3.05) is 12.3 Å². The van der Waals surface area contributed by atoms with Gasteiger partial charge >= 0.3 is 0 Å². The maximum Gasteiger partial charge on any atom is 0.247 e. The van der Waals surface area contributed by atoms with Crippen molar-refractivity contribution in [1.82, 2.24) is 19.9 Å². The van der Waals surface area contributed by atoms with Crippen molar-refractivity contribution in [3.05, 3.63) is 35.5 Å². The maximum atomic E-state index is 11.8. The number of benzene rings is 1. The summed E-state index contributed by atoms with van der Waals surface area (Å²) in [6.07, 6.45) is 2.99. The van der Waals surface area contributed by atoms with Gasteiger partial charge in [-0.15, -0.1) is 0 Å². The molecule has 0 unspecified atom stereocenters. The van der Waals surface area contributed by atoms with Crippen LogP contribution in [0.3, 0.4) is 0 Å². The molecule has 0 saturated carbocycles. The van der Waals surface area contributed by atoms with Crippen LogP contribution in [0.15, 0.2) is 24.4 Å². The van der Waals surface area contributed by atoms with Gasteiger partial charge in [0, 0.05) is 17.5 Å². The SMILES string of the molecule is CCOc1nc(N)nc2ncc(-c3ccc4c(c3)CCC4=O)nc12. The van der Waals surface area contributed by atoms with Crippen LogP contribution < -0.4 is 10.5 Å². The quantitative estimate of drug-likeness (QED) is 0.788. The van der Waals surface area contributed by atoms with E-state index in [-0.39, 0.29) is 11.7 Å². The zero-order chi connectivity index (χ0) is 16.7. The van der Waals surface area contributed by atoms with Crippen molar-refractivity contribution in [2.45, 2.75) is 19.8 Å². The highest BCUT2D eigenvalue weighted by atomic mass is 16.5. The summed E-state index contributed by atoms with van der Waals surface area (Å²) in [6.45, 7) is 2.30. The van der Waals surface area contributed by atoms with Crippen LogP contribution in [0.2, 0.25) is 0 Å². The minimum atomic E-state index is 0.101. The topological polar surface area (TPSA) is 104 Å². The van der Waals surface area contributed by atoms with Crippen molar-refractivity contribution in [1.29, 1.82) is 0 Å². The lowest BCUT2D eigenvalue weighted by Gasteiger charge is -2.08. The predicted molar refractivity (Wildman–Crippen MR) is 88.8 cm³/mol. The van der Waals surface area contributed by atoms with Gasteiger partial charge < -0.3 is 10.5 Å². The molecule has 0 radical (unpaired) electrons. The van der Waals surface area contributed by atoms with Crippen LogP contribution >= 0.6 is 0 Å². The highest BCUT2D eigenvalue weighted by Gasteiger charge is 2.20. The Morgan fingerprint density at radius 1 is 1.21 bits per heavy atom. The third kappa shape index (κ3) is 2.34. The minimum Gasteiger partial charge on any atom is -0.476 e. The fraction of sp³-hybridized carbons (Fsp3) is 0.235. The summed E-state index contributed by atoms with van der Waals surface area (Å²) in [5, 5.41) is 0. The van der Waals surface area contributed by atoms with Gasteiger partial charge in [-0.3, -0.25) is 4.79 Å². The predicted octanol–water partition coefficient (Wildman–Crippen LogP) is 2.20. The van der Waals surface area contributed by atoms with Crippen LogP contribution in [-0.4, -0.2) is 32.3 Å². The zero-order valence-corrected chi connectivity index (χ0v) is 13.1. The molecule has 2 heterocycles. The standard InChI is InChI=1S/C17H15N5O2/c1-2-24-16-14-15(21-17(18)22-16)19-8-12(20-14)10-3-5-11-9(7-10)4-6-13(11)23/h3,5,7-8H,2,4,6H2,1H3,(H2,18,19,21,22). The highest BCUT2D eigenvalue weighted by molar-refractivity contribution is 6.00. The van der Waals surface area contributed by atoms with Gasteiger partial charge in [0.25, 0.3) is 0 Å². The molecule has 7 heteroatoms. The summed E-state index contributed by atoms with van der Waals surface area (Å²) in [7, 11) is 0. The highest BCUT2D eigenvalue weighted by Crippen LogP contribution is 2.29. The van der Waals surface area contributed by atoms with Gasteiger partial charge in [-0.2, -0.15) is 9.97 Å². The molecule has 24 heavy (non-hydrogen) atoms. The van der Waals surface area contributed by atoms with Gasteiger partial charge in [-0.1, -0.05) is 12.1 Å². The Bertz CT molecular complexity index is 971. The maximum absolute atomic E-state index is 11.8. The molecule has 0 aliphatic heterocycles. The molecule has 0 atom stereocenters. The molecule has 7 nitrogen and oxygen atoms in total. The van der Waals surface area contributed by atoms with Crippen molar-refractivity contribution in [2.24, 2.45) is 0 Å². The average molecular weight is 321 g/mol. The lowest BCUT2D eigenvalue weighted by atomic mass is 10.0. The van der Waals surface area contributed by atoms with Crippen molar-refractivity contribution >= 4 is 22.9 Å². The number of Topliss-reactive ketones (excluding diaryl/α,β-unsaturated/α-hetero) is 1. The molecular weight excluding hydrogens is 306 g/mol. The van der Waals surface area contributed by atoms with Gasteiger partial charge in [0.05, 0.1) is 18.5 Å². The number of aryl methyl sites for hydroxylation is 1. The largest absolute Gasteiger partial charge is 0.476 e. The van der Waals surface area contributed by atoms with E-state index < -0.39 is 0 Å². The molecule has 2 N–H and O–H groups in total. The first-order valence-corrected chi connectivity index (χ1v) is 7.75. The van der Waals surface area contributed by atoms with E-state index in [0.29, 0.717) is 35.8 Å². The summed E-state index contributed by atoms with van der Waals surface area (Å²) in [5.74, 6) is 0.624. The van der Waals surface area contributed by atoms with E-state index in [2.05, 4.69) is 19.9 Å². The number of aromatic nitrogens is 4. The van der Waals surface area contributed by atoms with Crippen LogP contribution in [0.1, 0.15) is 29.3 Å². The number of ketones is 1. The van der Waals surface area contributed by atoms with Gasteiger partial charge in [0.1, 0.15) is 0 Å². The number of ether oxygens (including phenoxy) is 1. The molecule has 1 aliphatic rings. The van der Waals surface area contributed by atoms with Crippen LogP contribution in [0.25, 0.3) is 22.4 Å². The number of nitrogen functional groups attached to an aromatic ring is 1. The first-order chi connectivity index (χ1) is 11.7. The normalized spacial score (nSPS) is 13.3. The third-order valence-electron chi connectivity index (χ3n) is 4.00. The molecule has 120 valence electrons. The van der Waals surface area contributed by atoms with Crippen LogP contribution in [0.5, 0.6) is 5.88 Å². The van der Waals surface area contributed by atoms with E-state index in [4.69, 9.17) is 10.5 Å². The Morgan fingerprint density at radius 2 is 2.08 bits per heavy atom. The summed E-state index contributed by atoms with van der Waals surface area (Å²) >= 11 is 0. The molecule has 4 rings (SSSR count). The fourth-order valence-electron chi connectivity index (χ4n) is 2.89. The number of nitrogens with zero attached hydrogens (tertiary/aromatic N) is 4. The number of hydrogen-bond acceptors (Lipinski definition) is 7. The Balaban J connectivity index is 1.84. The second kappa shape index (κ2) is 5.52. The zero-order valence-electron chi connectivity index (χ0n) is 13.1. The number of carbonyl (C=O) groups excluding carboxylic acids is 1. The van der Waals surface area contributed by atoms with E-state index in [1.807, 2.05) is 25.1 Å².